The summed E-state index contributed by atoms with van der Waals surface area (Å²) in [7, 11) is 1.49. The summed E-state index contributed by atoms with van der Waals surface area (Å²) in [4.78, 5) is 34.4. The number of aliphatic carboxylic acids is 1. The SMILES string of the molecule is CCC(CC)c1ccc(N(Cc2ccc(-c3csc(CN(C(=O)N(C)CC(=O)O)c4ccccc4)n3)cc2)C(C)C)cc1. The molecule has 226 valence electrons. The molecule has 0 saturated carbocycles. The summed E-state index contributed by atoms with van der Waals surface area (Å²) in [6, 6.07) is 26.8. The molecule has 2 amide bonds. The standard InChI is InChI=1S/C35H42N4O3S/c1-6-27(7-2)28-17-19-31(20-18-28)38(25(3)4)21-26-13-15-29(16-14-26)32-24-43-33(36-32)22-39(30-11-9-8-10-12-30)35(42)37(5)23-34(40)41/h8-20,24-25,27H,6-7,21-23H2,1-5H3,(H,40,41). The van der Waals surface area contributed by atoms with Crippen molar-refractivity contribution in [1.82, 2.24) is 9.88 Å². The van der Waals surface area contributed by atoms with Crippen LogP contribution in [-0.4, -0.2) is 46.6 Å². The van der Waals surface area contributed by atoms with Gasteiger partial charge in [0.15, 0.2) is 0 Å². The molecule has 0 bridgehead atoms. The number of para-hydroxylation sites is 1. The molecule has 8 heteroatoms. The van der Waals surface area contributed by atoms with Gasteiger partial charge >= 0.3 is 12.0 Å². The van der Waals surface area contributed by atoms with Crippen LogP contribution in [0.3, 0.4) is 0 Å². The Kier molecular flexibility index (Phi) is 11.0. The van der Waals surface area contributed by atoms with Crippen LogP contribution in [0.1, 0.15) is 62.6 Å². The highest BCUT2D eigenvalue weighted by atomic mass is 32.1. The van der Waals surface area contributed by atoms with Crippen molar-refractivity contribution in [3.05, 3.63) is 100 Å². The number of carboxylic acids is 1. The molecule has 0 unspecified atom stereocenters. The van der Waals surface area contributed by atoms with Crippen LogP contribution in [-0.2, 0) is 17.9 Å². The Bertz CT molecular complexity index is 1470. The minimum atomic E-state index is -1.06. The second-order valence-corrected chi connectivity index (χ2v) is 12.0. The minimum absolute atomic E-state index is 0.245. The van der Waals surface area contributed by atoms with E-state index in [-0.39, 0.29) is 13.1 Å². The maximum absolute atomic E-state index is 13.2. The first-order valence-electron chi connectivity index (χ1n) is 14.9. The maximum Gasteiger partial charge on any atom is 0.325 e. The highest BCUT2D eigenvalue weighted by molar-refractivity contribution is 7.10. The number of carbonyl (C=O) groups is 2. The van der Waals surface area contributed by atoms with Gasteiger partial charge in [-0.05, 0) is 68.0 Å². The first kappa shape index (κ1) is 31.8. The summed E-state index contributed by atoms with van der Waals surface area (Å²) in [6.07, 6.45) is 2.31. The van der Waals surface area contributed by atoms with Gasteiger partial charge < -0.3 is 14.9 Å². The molecule has 0 aliphatic carbocycles. The molecule has 0 aliphatic heterocycles. The predicted molar refractivity (Wildman–Crippen MR) is 177 cm³/mol. The van der Waals surface area contributed by atoms with E-state index in [1.807, 2.05) is 35.7 Å². The largest absolute Gasteiger partial charge is 0.480 e. The van der Waals surface area contributed by atoms with E-state index in [1.165, 1.54) is 40.1 Å². The monoisotopic (exact) mass is 598 g/mol. The molecule has 0 spiro atoms. The lowest BCUT2D eigenvalue weighted by Gasteiger charge is -2.30. The topological polar surface area (TPSA) is 77.0 Å². The number of benzene rings is 3. The zero-order valence-electron chi connectivity index (χ0n) is 25.7. The average Bonchev–Trinajstić information content (AvgIpc) is 3.48. The number of anilines is 2. The number of hydrogen-bond donors (Lipinski definition) is 1. The van der Waals surface area contributed by atoms with E-state index >= 15 is 0 Å². The minimum Gasteiger partial charge on any atom is -0.480 e. The van der Waals surface area contributed by atoms with Gasteiger partial charge in [-0.2, -0.15) is 0 Å². The van der Waals surface area contributed by atoms with Crippen LogP contribution < -0.4 is 9.80 Å². The lowest BCUT2D eigenvalue weighted by Crippen LogP contribution is -2.43. The summed E-state index contributed by atoms with van der Waals surface area (Å²) < 4.78 is 0. The number of nitrogens with zero attached hydrogens (tertiary/aromatic N) is 4. The van der Waals surface area contributed by atoms with E-state index < -0.39 is 12.0 Å². The Hall–Kier alpha value is -4.17. The molecule has 0 radical (unpaired) electrons. The van der Waals surface area contributed by atoms with Gasteiger partial charge in [-0.3, -0.25) is 9.69 Å². The third-order valence-electron chi connectivity index (χ3n) is 7.75. The number of carbonyl (C=O) groups excluding carboxylic acids is 1. The Balaban J connectivity index is 1.47. The van der Waals surface area contributed by atoms with E-state index in [0.29, 0.717) is 17.6 Å². The fourth-order valence-electron chi connectivity index (χ4n) is 5.25. The molecule has 7 nitrogen and oxygen atoms in total. The van der Waals surface area contributed by atoms with Crippen molar-refractivity contribution in [2.24, 2.45) is 0 Å². The zero-order valence-corrected chi connectivity index (χ0v) is 26.6. The molecule has 43 heavy (non-hydrogen) atoms. The number of thiazole rings is 1. The molecular weight excluding hydrogens is 556 g/mol. The predicted octanol–water partition coefficient (Wildman–Crippen LogP) is 8.27. The van der Waals surface area contributed by atoms with Gasteiger partial charge in [0.1, 0.15) is 11.6 Å². The number of rotatable bonds is 13. The van der Waals surface area contributed by atoms with Gasteiger partial charge in [0.25, 0.3) is 0 Å². The Labute approximate surface area is 259 Å². The van der Waals surface area contributed by atoms with Crippen molar-refractivity contribution >= 4 is 34.7 Å². The van der Waals surface area contributed by atoms with Crippen LogP contribution >= 0.6 is 11.3 Å². The maximum atomic E-state index is 13.2. The lowest BCUT2D eigenvalue weighted by atomic mass is 9.94. The first-order valence-corrected chi connectivity index (χ1v) is 15.8. The fraction of sp³-hybridized carbons (Fsp3) is 0.343. The van der Waals surface area contributed by atoms with Gasteiger partial charge in [0.05, 0.1) is 12.2 Å². The van der Waals surface area contributed by atoms with E-state index in [9.17, 15) is 14.7 Å². The third kappa shape index (κ3) is 8.23. The van der Waals surface area contributed by atoms with Crippen LogP contribution in [0.4, 0.5) is 16.2 Å². The third-order valence-corrected chi connectivity index (χ3v) is 8.58. The van der Waals surface area contributed by atoms with Crippen molar-refractivity contribution in [2.75, 3.05) is 23.4 Å². The summed E-state index contributed by atoms with van der Waals surface area (Å²) in [5.74, 6) is -0.448. The quantitative estimate of drug-likeness (QED) is 0.168. The van der Waals surface area contributed by atoms with E-state index in [1.54, 1.807) is 4.90 Å². The van der Waals surface area contributed by atoms with Crippen molar-refractivity contribution in [1.29, 1.82) is 0 Å². The van der Waals surface area contributed by atoms with Crippen LogP contribution in [0.15, 0.2) is 84.2 Å². The van der Waals surface area contributed by atoms with E-state index in [2.05, 4.69) is 81.1 Å². The highest BCUT2D eigenvalue weighted by Gasteiger charge is 2.23. The summed E-state index contributed by atoms with van der Waals surface area (Å²) >= 11 is 1.48. The van der Waals surface area contributed by atoms with Crippen molar-refractivity contribution in [3.63, 3.8) is 0 Å². The van der Waals surface area contributed by atoms with Gasteiger partial charge in [-0.25, -0.2) is 9.78 Å². The van der Waals surface area contributed by atoms with E-state index in [0.717, 1.165) is 35.7 Å². The molecule has 1 heterocycles. The highest BCUT2D eigenvalue weighted by Crippen LogP contribution is 2.29. The Morgan fingerprint density at radius 2 is 1.51 bits per heavy atom. The summed E-state index contributed by atoms with van der Waals surface area (Å²) in [5, 5.41) is 11.9. The van der Waals surface area contributed by atoms with Crippen LogP contribution in [0, 0.1) is 0 Å². The number of hydrogen-bond acceptors (Lipinski definition) is 5. The van der Waals surface area contributed by atoms with Crippen molar-refractivity contribution in [3.8, 4) is 11.3 Å². The lowest BCUT2D eigenvalue weighted by molar-refractivity contribution is -0.137. The van der Waals surface area contributed by atoms with Gasteiger partial charge in [0, 0.05) is 42.0 Å². The molecule has 4 rings (SSSR count). The molecule has 1 aromatic heterocycles. The molecule has 0 aliphatic rings. The number of carboxylic acid groups (broad SMARTS) is 1. The van der Waals surface area contributed by atoms with Crippen LogP contribution in [0.25, 0.3) is 11.3 Å². The number of urea groups is 1. The normalized spacial score (nSPS) is 11.1. The van der Waals surface area contributed by atoms with Gasteiger partial charge in [-0.15, -0.1) is 11.3 Å². The number of likely N-dealkylation sites (N-methyl/N-ethyl adjacent to an activating group) is 1. The van der Waals surface area contributed by atoms with Gasteiger partial charge in [0.2, 0.25) is 0 Å². The second kappa shape index (κ2) is 14.8. The summed E-state index contributed by atoms with van der Waals surface area (Å²) in [5.41, 5.74) is 6.41. The molecule has 0 saturated heterocycles. The van der Waals surface area contributed by atoms with Crippen LogP contribution in [0.5, 0.6) is 0 Å². The zero-order chi connectivity index (χ0) is 30.9. The molecule has 3 aromatic carbocycles. The van der Waals surface area contributed by atoms with Crippen LogP contribution in [0.2, 0.25) is 0 Å². The molecule has 4 aromatic rings. The Morgan fingerprint density at radius 3 is 2.09 bits per heavy atom. The fourth-order valence-corrected chi connectivity index (χ4v) is 6.04. The summed E-state index contributed by atoms with van der Waals surface area (Å²) in [6.45, 7) is 9.63. The molecule has 0 fully saturated rings. The van der Waals surface area contributed by atoms with E-state index in [4.69, 9.17) is 4.98 Å². The van der Waals surface area contributed by atoms with Crippen molar-refractivity contribution < 1.29 is 14.7 Å². The van der Waals surface area contributed by atoms with Crippen molar-refractivity contribution in [2.45, 2.75) is 65.6 Å². The smallest absolute Gasteiger partial charge is 0.325 e. The number of aromatic nitrogens is 1. The second-order valence-electron chi connectivity index (χ2n) is 11.1. The molecule has 1 N–H and O–H groups in total. The average molecular weight is 599 g/mol. The first-order chi connectivity index (χ1) is 20.7. The number of amides is 2. The van der Waals surface area contributed by atoms with Gasteiger partial charge in [-0.1, -0.05) is 68.4 Å². The Morgan fingerprint density at radius 1 is 0.860 bits per heavy atom. The molecular formula is C35H42N4O3S. The molecule has 0 atom stereocenters.